The number of fused-ring (bicyclic) bond motifs is 4. The summed E-state index contributed by atoms with van der Waals surface area (Å²) in [5.74, 6) is 0. The summed E-state index contributed by atoms with van der Waals surface area (Å²) < 4.78 is 0. The van der Waals surface area contributed by atoms with Crippen molar-refractivity contribution in [3.05, 3.63) is 272 Å². The summed E-state index contributed by atoms with van der Waals surface area (Å²) in [7, 11) is 0. The zero-order valence-corrected chi connectivity index (χ0v) is 36.5. The molecule has 0 fully saturated rings. The van der Waals surface area contributed by atoms with Crippen LogP contribution < -0.4 is 4.90 Å². The molecule has 0 radical (unpaired) electrons. The second-order valence-corrected chi connectivity index (χ2v) is 17.2. The molecule has 0 aliphatic heterocycles. The highest BCUT2D eigenvalue weighted by Crippen LogP contribution is 2.47. The lowest BCUT2D eigenvalue weighted by atomic mass is 9.91. The Balaban J connectivity index is 0.946. The molecule has 0 aromatic heterocycles. The molecule has 0 unspecified atom stereocenters. The van der Waals surface area contributed by atoms with Crippen molar-refractivity contribution in [2.75, 3.05) is 4.90 Å². The zero-order chi connectivity index (χ0) is 43.8. The molecule has 0 amide bonds. The van der Waals surface area contributed by atoms with Crippen LogP contribution in [-0.4, -0.2) is 0 Å². The number of anilines is 3. The first-order valence-corrected chi connectivity index (χ1v) is 22.9. The Labute approximate surface area is 387 Å². The first kappa shape index (κ1) is 39.1. The minimum Gasteiger partial charge on any atom is -0.310 e. The lowest BCUT2D eigenvalue weighted by Crippen LogP contribution is -2.10. The first-order valence-electron chi connectivity index (χ1n) is 22.9. The van der Waals surface area contributed by atoms with Gasteiger partial charge in [0.1, 0.15) is 0 Å². The summed E-state index contributed by atoms with van der Waals surface area (Å²) in [6.07, 6.45) is 0.898. The number of hydrogen-bond donors (Lipinski definition) is 0. The Hall–Kier alpha value is -8.52. The summed E-state index contributed by atoms with van der Waals surface area (Å²) in [6, 6.07) is 95.2. The predicted octanol–water partition coefficient (Wildman–Crippen LogP) is 17.9. The van der Waals surface area contributed by atoms with Crippen LogP contribution in [0.25, 0.3) is 88.7 Å². The summed E-state index contributed by atoms with van der Waals surface area (Å²) in [5.41, 5.74) is 23.5. The molecule has 1 heteroatoms. The van der Waals surface area contributed by atoms with E-state index in [1.54, 1.807) is 0 Å². The molecular weight excluding hydrogens is 795 g/mol. The third-order valence-corrected chi connectivity index (χ3v) is 13.4. The van der Waals surface area contributed by atoms with Gasteiger partial charge in [-0.3, -0.25) is 0 Å². The van der Waals surface area contributed by atoms with Gasteiger partial charge in [0, 0.05) is 17.1 Å². The molecule has 310 valence electrons. The highest BCUT2D eigenvalue weighted by atomic mass is 15.1. The van der Waals surface area contributed by atoms with Crippen LogP contribution in [0.15, 0.2) is 261 Å². The van der Waals surface area contributed by atoms with Gasteiger partial charge in [-0.2, -0.15) is 0 Å². The van der Waals surface area contributed by atoms with Crippen LogP contribution in [0.3, 0.4) is 0 Å². The van der Waals surface area contributed by atoms with E-state index in [0.29, 0.717) is 0 Å². The highest BCUT2D eigenvalue weighted by molar-refractivity contribution is 5.97. The molecule has 66 heavy (non-hydrogen) atoms. The number of hydrogen-bond acceptors (Lipinski definition) is 1. The molecule has 11 aromatic carbocycles. The molecule has 1 nitrogen and oxygen atoms in total. The Morgan fingerprint density at radius 1 is 0.227 bits per heavy atom. The van der Waals surface area contributed by atoms with E-state index < -0.39 is 0 Å². The predicted molar refractivity (Wildman–Crippen MR) is 279 cm³/mol. The third kappa shape index (κ3) is 7.18. The summed E-state index contributed by atoms with van der Waals surface area (Å²) in [4.78, 5) is 2.40. The van der Waals surface area contributed by atoms with Crippen LogP contribution in [0.4, 0.5) is 17.1 Å². The Morgan fingerprint density at radius 2 is 0.667 bits per heavy atom. The van der Waals surface area contributed by atoms with Crippen LogP contribution >= 0.6 is 0 Å². The Morgan fingerprint density at radius 3 is 1.32 bits per heavy atom. The van der Waals surface area contributed by atoms with Gasteiger partial charge in [-0.25, -0.2) is 0 Å². The fourth-order valence-electron chi connectivity index (χ4n) is 10.2. The fraction of sp³-hybridized carbons (Fsp3) is 0.0154. The van der Waals surface area contributed by atoms with Gasteiger partial charge in [-0.15, -0.1) is 0 Å². The number of benzene rings is 11. The molecule has 11 aromatic rings. The zero-order valence-electron chi connectivity index (χ0n) is 36.5. The second-order valence-electron chi connectivity index (χ2n) is 17.2. The van der Waals surface area contributed by atoms with Crippen LogP contribution in [0.2, 0.25) is 0 Å². The van der Waals surface area contributed by atoms with Crippen LogP contribution in [0.1, 0.15) is 11.1 Å². The first-order chi connectivity index (χ1) is 32.7. The van der Waals surface area contributed by atoms with E-state index in [1.165, 1.54) is 99.8 Å². The quantitative estimate of drug-likeness (QED) is 0.140. The van der Waals surface area contributed by atoms with Crippen molar-refractivity contribution in [2.45, 2.75) is 6.42 Å². The molecule has 12 rings (SSSR count). The van der Waals surface area contributed by atoms with Crippen molar-refractivity contribution in [2.24, 2.45) is 0 Å². The molecule has 1 aliphatic rings. The second kappa shape index (κ2) is 16.9. The van der Waals surface area contributed by atoms with E-state index in [-0.39, 0.29) is 0 Å². The fourth-order valence-corrected chi connectivity index (χ4v) is 10.2. The lowest BCUT2D eigenvalue weighted by Gasteiger charge is -2.27. The molecule has 0 N–H and O–H groups in total. The SMILES string of the molecule is c1ccc(-c2ccc(-c3ccc(N(c4ccc(-c5cccc6ccccc56)cc4)c4cccc(-c5cccc6c5Cc5c(-c7ccccc7)cccc5-6)c4)cc3)cc2-c2ccccc2)cc1. The number of nitrogens with zero attached hydrogens (tertiary/aromatic N) is 1. The van der Waals surface area contributed by atoms with Gasteiger partial charge in [0.05, 0.1) is 0 Å². The van der Waals surface area contributed by atoms with E-state index in [0.717, 1.165) is 23.5 Å². The minimum absolute atomic E-state index is 0.898. The largest absolute Gasteiger partial charge is 0.310 e. The maximum Gasteiger partial charge on any atom is 0.0467 e. The van der Waals surface area contributed by atoms with E-state index in [4.69, 9.17) is 0 Å². The smallest absolute Gasteiger partial charge is 0.0467 e. The van der Waals surface area contributed by atoms with Crippen LogP contribution in [0.5, 0.6) is 0 Å². The minimum atomic E-state index is 0.898. The molecule has 0 heterocycles. The van der Waals surface area contributed by atoms with Crippen molar-refractivity contribution in [1.82, 2.24) is 0 Å². The monoisotopic (exact) mass is 839 g/mol. The van der Waals surface area contributed by atoms with Gasteiger partial charge in [-0.1, -0.05) is 218 Å². The van der Waals surface area contributed by atoms with Gasteiger partial charge in [0.2, 0.25) is 0 Å². The molecule has 0 saturated heterocycles. The van der Waals surface area contributed by atoms with Crippen LogP contribution in [-0.2, 0) is 6.42 Å². The van der Waals surface area contributed by atoms with Gasteiger partial charge in [0.25, 0.3) is 0 Å². The molecule has 0 saturated carbocycles. The van der Waals surface area contributed by atoms with Crippen molar-refractivity contribution in [3.8, 4) is 77.9 Å². The molecule has 0 bridgehead atoms. The summed E-state index contributed by atoms with van der Waals surface area (Å²) in [6.45, 7) is 0. The van der Waals surface area contributed by atoms with E-state index >= 15 is 0 Å². The van der Waals surface area contributed by atoms with Crippen molar-refractivity contribution >= 4 is 27.8 Å². The van der Waals surface area contributed by atoms with Crippen molar-refractivity contribution in [1.29, 1.82) is 0 Å². The maximum absolute atomic E-state index is 2.40. The van der Waals surface area contributed by atoms with E-state index in [1.807, 2.05) is 0 Å². The van der Waals surface area contributed by atoms with E-state index in [9.17, 15) is 0 Å². The normalized spacial score (nSPS) is 11.6. The van der Waals surface area contributed by atoms with Gasteiger partial charge < -0.3 is 4.90 Å². The standard InChI is InChI=1S/C65H45N/c1-4-16-46(17-5-1)58-28-14-30-61-62-31-15-29-59(65(62)44-64(58)61)52-24-12-25-55(42-52)66(54-39-34-50(35-40-54)57-27-13-23-48-22-10-11-26-56(48)57)53-37-32-45(33-38-53)51-36-41-60(47-18-6-2-7-19-47)63(43-51)49-20-8-3-9-21-49/h1-43H,44H2. The Bertz CT molecular complexity index is 3510. The van der Waals surface area contributed by atoms with Crippen molar-refractivity contribution in [3.63, 3.8) is 0 Å². The lowest BCUT2D eigenvalue weighted by molar-refractivity contribution is 1.26. The number of rotatable bonds is 9. The third-order valence-electron chi connectivity index (χ3n) is 13.4. The summed E-state index contributed by atoms with van der Waals surface area (Å²) in [5, 5.41) is 2.50. The molecule has 1 aliphatic carbocycles. The molecular formula is C65H45N. The summed E-state index contributed by atoms with van der Waals surface area (Å²) >= 11 is 0. The average molecular weight is 840 g/mol. The average Bonchev–Trinajstić information content (AvgIpc) is 3.79. The topological polar surface area (TPSA) is 3.24 Å². The molecule has 0 atom stereocenters. The van der Waals surface area contributed by atoms with Gasteiger partial charge >= 0.3 is 0 Å². The van der Waals surface area contributed by atoms with Gasteiger partial charge in [0.15, 0.2) is 0 Å². The maximum atomic E-state index is 2.40. The van der Waals surface area contributed by atoms with E-state index in [2.05, 4.69) is 266 Å². The molecule has 0 spiro atoms. The Kier molecular flexibility index (Phi) is 10.0. The highest BCUT2D eigenvalue weighted by Gasteiger charge is 2.25. The van der Waals surface area contributed by atoms with Gasteiger partial charge in [-0.05, 0) is 149 Å². The van der Waals surface area contributed by atoms with Crippen molar-refractivity contribution < 1.29 is 0 Å². The van der Waals surface area contributed by atoms with Crippen LogP contribution in [0, 0.1) is 0 Å².